The monoisotopic (exact) mass is 548 g/mol. The average Bonchev–Trinajstić information content (AvgIpc) is 3.00. The second kappa shape index (κ2) is 10.4. The third kappa shape index (κ3) is 5.59. The number of thioether (sulfide) groups is 1. The molecule has 0 atom stereocenters. The smallest absolute Gasteiger partial charge is 0.294 e. The molecular formula is C22H17IN2O5S. The van der Waals surface area contributed by atoms with Crippen molar-refractivity contribution < 1.29 is 23.9 Å². The molecule has 0 aliphatic carbocycles. The molecule has 1 heterocycles. The lowest BCUT2D eigenvalue weighted by Gasteiger charge is -2.13. The molecule has 1 fully saturated rings. The van der Waals surface area contributed by atoms with E-state index in [0.29, 0.717) is 22.7 Å². The van der Waals surface area contributed by atoms with Crippen LogP contribution in [0.1, 0.15) is 5.56 Å². The first-order valence-electron chi connectivity index (χ1n) is 8.97. The van der Waals surface area contributed by atoms with Crippen molar-refractivity contribution >= 4 is 63.2 Å². The molecular weight excluding hydrogens is 531 g/mol. The van der Waals surface area contributed by atoms with E-state index in [4.69, 9.17) is 15.9 Å². The van der Waals surface area contributed by atoms with Crippen molar-refractivity contribution in [2.75, 3.05) is 25.6 Å². The average molecular weight is 548 g/mol. The fourth-order valence-electron chi connectivity index (χ4n) is 2.73. The number of rotatable bonds is 7. The lowest BCUT2D eigenvalue weighted by Crippen LogP contribution is -2.36. The maximum Gasteiger partial charge on any atom is 0.294 e. The summed E-state index contributed by atoms with van der Waals surface area (Å²) in [4.78, 5) is 38.4. The lowest BCUT2D eigenvalue weighted by atomic mass is 10.2. The molecule has 1 saturated heterocycles. The van der Waals surface area contributed by atoms with Crippen LogP contribution in [0.3, 0.4) is 0 Å². The Morgan fingerprint density at radius 2 is 2.03 bits per heavy atom. The molecule has 0 radical (unpaired) electrons. The number of para-hydroxylation sites is 1. The number of ether oxygens (including phenoxy) is 2. The maximum atomic E-state index is 12.7. The number of halogens is 1. The van der Waals surface area contributed by atoms with Crippen LogP contribution in [0.4, 0.5) is 10.5 Å². The molecule has 158 valence electrons. The van der Waals surface area contributed by atoms with E-state index in [0.717, 1.165) is 20.2 Å². The van der Waals surface area contributed by atoms with Gasteiger partial charge in [0.15, 0.2) is 11.5 Å². The molecule has 0 unspecified atom stereocenters. The Morgan fingerprint density at radius 1 is 1.29 bits per heavy atom. The zero-order valence-electron chi connectivity index (χ0n) is 16.4. The van der Waals surface area contributed by atoms with Gasteiger partial charge in [0, 0.05) is 5.69 Å². The summed E-state index contributed by atoms with van der Waals surface area (Å²) in [5.41, 5.74) is 1.23. The van der Waals surface area contributed by atoms with Crippen molar-refractivity contribution in [3.8, 4) is 23.8 Å². The molecule has 2 aromatic rings. The highest BCUT2D eigenvalue weighted by Crippen LogP contribution is 2.37. The van der Waals surface area contributed by atoms with Crippen molar-refractivity contribution in [1.82, 2.24) is 4.90 Å². The summed E-state index contributed by atoms with van der Waals surface area (Å²) >= 11 is 2.86. The van der Waals surface area contributed by atoms with Crippen molar-refractivity contribution in [3.63, 3.8) is 0 Å². The largest absolute Gasteiger partial charge is 0.493 e. The number of methoxy groups -OCH3 is 1. The number of terminal acetylenes is 1. The number of amides is 3. The molecule has 1 aliphatic heterocycles. The Hall–Kier alpha value is -2.97. The zero-order chi connectivity index (χ0) is 22.4. The molecule has 0 aromatic heterocycles. The maximum absolute atomic E-state index is 12.7. The van der Waals surface area contributed by atoms with E-state index in [1.165, 1.54) is 7.11 Å². The van der Waals surface area contributed by atoms with Crippen LogP contribution in [0.25, 0.3) is 6.08 Å². The zero-order valence-corrected chi connectivity index (χ0v) is 19.4. The number of hydrogen-bond acceptors (Lipinski definition) is 6. The van der Waals surface area contributed by atoms with Crippen LogP contribution in [-0.2, 0) is 9.59 Å². The summed E-state index contributed by atoms with van der Waals surface area (Å²) in [5, 5.41) is 2.16. The van der Waals surface area contributed by atoms with E-state index in [1.807, 2.05) is 6.07 Å². The van der Waals surface area contributed by atoms with E-state index >= 15 is 0 Å². The topological polar surface area (TPSA) is 84.9 Å². The summed E-state index contributed by atoms with van der Waals surface area (Å²) in [6.45, 7) is -0.272. The summed E-state index contributed by atoms with van der Waals surface area (Å²) in [7, 11) is 1.50. The van der Waals surface area contributed by atoms with Gasteiger partial charge in [-0.3, -0.25) is 19.3 Å². The molecule has 0 spiro atoms. The fourth-order valence-corrected chi connectivity index (χ4v) is 4.35. The van der Waals surface area contributed by atoms with Crippen LogP contribution < -0.4 is 14.8 Å². The number of nitrogens with one attached hydrogen (secondary N) is 1. The molecule has 2 aromatic carbocycles. The summed E-state index contributed by atoms with van der Waals surface area (Å²) < 4.78 is 11.6. The van der Waals surface area contributed by atoms with Crippen molar-refractivity contribution in [2.45, 2.75) is 0 Å². The van der Waals surface area contributed by atoms with Crippen LogP contribution in [-0.4, -0.2) is 42.2 Å². The minimum absolute atomic E-state index is 0.0929. The van der Waals surface area contributed by atoms with Crippen LogP contribution >= 0.6 is 34.4 Å². The number of carbonyl (C=O) groups is 3. The van der Waals surface area contributed by atoms with Gasteiger partial charge < -0.3 is 14.8 Å². The minimum Gasteiger partial charge on any atom is -0.493 e. The van der Waals surface area contributed by atoms with Gasteiger partial charge in [0.1, 0.15) is 13.2 Å². The molecule has 31 heavy (non-hydrogen) atoms. The predicted octanol–water partition coefficient (Wildman–Crippen LogP) is 3.99. The quantitative estimate of drug-likeness (QED) is 0.320. The molecule has 3 rings (SSSR count). The molecule has 1 N–H and O–H groups in total. The van der Waals surface area contributed by atoms with E-state index in [-0.39, 0.29) is 18.1 Å². The van der Waals surface area contributed by atoms with Crippen LogP contribution in [0.5, 0.6) is 11.5 Å². The number of anilines is 1. The molecule has 3 amide bonds. The van der Waals surface area contributed by atoms with Gasteiger partial charge in [0.2, 0.25) is 5.91 Å². The third-order valence-corrected chi connectivity index (χ3v) is 5.79. The Balaban J connectivity index is 1.76. The van der Waals surface area contributed by atoms with Crippen LogP contribution in [0.2, 0.25) is 0 Å². The first-order chi connectivity index (χ1) is 14.9. The number of benzene rings is 2. The number of carbonyl (C=O) groups excluding carboxylic acids is 3. The van der Waals surface area contributed by atoms with Gasteiger partial charge in [-0.05, 0) is 70.3 Å². The number of nitrogens with zero attached hydrogens (tertiary/aromatic N) is 1. The third-order valence-electron chi connectivity index (χ3n) is 4.08. The van der Waals surface area contributed by atoms with Crippen molar-refractivity contribution in [1.29, 1.82) is 0 Å². The van der Waals surface area contributed by atoms with Gasteiger partial charge in [0.05, 0.1) is 15.6 Å². The first kappa shape index (κ1) is 22.7. The van der Waals surface area contributed by atoms with Crippen LogP contribution in [0, 0.1) is 15.9 Å². The molecule has 0 saturated carbocycles. The van der Waals surface area contributed by atoms with Crippen molar-refractivity contribution in [2.24, 2.45) is 0 Å². The summed E-state index contributed by atoms with van der Waals surface area (Å²) in [5.74, 6) is 2.37. The first-order valence-corrected chi connectivity index (χ1v) is 10.9. The van der Waals surface area contributed by atoms with Gasteiger partial charge in [-0.1, -0.05) is 24.1 Å². The van der Waals surface area contributed by atoms with Crippen molar-refractivity contribution in [3.05, 3.63) is 56.5 Å². The standard InChI is InChI=1S/C22H17IN2O5S/c1-3-9-30-20-16(23)10-14(11-17(20)29-2)12-18-21(27)25(22(28)31-18)13-19(26)24-15-7-5-4-6-8-15/h1,4-8,10-12H,9,13H2,2H3,(H,24,26)/b18-12+. The lowest BCUT2D eigenvalue weighted by molar-refractivity contribution is -0.127. The highest BCUT2D eigenvalue weighted by Gasteiger charge is 2.36. The van der Waals surface area contributed by atoms with Gasteiger partial charge in [-0.25, -0.2) is 0 Å². The highest BCUT2D eigenvalue weighted by atomic mass is 127. The second-order valence-electron chi connectivity index (χ2n) is 6.21. The van der Waals surface area contributed by atoms with E-state index in [2.05, 4.69) is 33.8 Å². The second-order valence-corrected chi connectivity index (χ2v) is 8.36. The van der Waals surface area contributed by atoms with Gasteiger partial charge >= 0.3 is 0 Å². The van der Waals surface area contributed by atoms with E-state index in [1.54, 1.807) is 42.5 Å². The summed E-state index contributed by atoms with van der Waals surface area (Å²) in [6, 6.07) is 12.3. The molecule has 0 bridgehead atoms. The van der Waals surface area contributed by atoms with Gasteiger partial charge in [0.25, 0.3) is 11.1 Å². The Morgan fingerprint density at radius 3 is 2.71 bits per heavy atom. The van der Waals surface area contributed by atoms with Gasteiger partial charge in [-0.2, -0.15) is 0 Å². The number of hydrogen-bond donors (Lipinski definition) is 1. The highest BCUT2D eigenvalue weighted by molar-refractivity contribution is 14.1. The molecule has 9 heteroatoms. The minimum atomic E-state index is -0.528. The molecule has 7 nitrogen and oxygen atoms in total. The Kier molecular flexibility index (Phi) is 7.59. The Labute approximate surface area is 197 Å². The summed E-state index contributed by atoms with van der Waals surface area (Å²) in [6.07, 6.45) is 6.82. The number of imide groups is 1. The predicted molar refractivity (Wildman–Crippen MR) is 128 cm³/mol. The normalized spacial score (nSPS) is 14.5. The van der Waals surface area contributed by atoms with Crippen LogP contribution in [0.15, 0.2) is 47.4 Å². The Bertz CT molecular complexity index is 1100. The van der Waals surface area contributed by atoms with Gasteiger partial charge in [-0.15, -0.1) is 6.42 Å². The SMILES string of the molecule is C#CCOc1c(I)cc(/C=C2/SC(=O)N(CC(=O)Nc3ccccc3)C2=O)cc1OC. The fraction of sp³-hybridized carbons (Fsp3) is 0.136. The van der Waals surface area contributed by atoms with E-state index < -0.39 is 17.1 Å². The van der Waals surface area contributed by atoms with E-state index in [9.17, 15) is 14.4 Å². The molecule has 1 aliphatic rings.